The maximum atomic E-state index is 13.3. The number of carbonyl (C=O) groups excluding carboxylic acids is 2. The van der Waals surface area contributed by atoms with E-state index in [4.69, 9.17) is 11.6 Å². The van der Waals surface area contributed by atoms with Gasteiger partial charge in [-0.1, -0.05) is 54.1 Å². The van der Waals surface area contributed by atoms with Crippen LogP contribution in [0.15, 0.2) is 72.1 Å². The van der Waals surface area contributed by atoms with Crippen molar-refractivity contribution < 1.29 is 9.59 Å². The summed E-state index contributed by atoms with van der Waals surface area (Å²) in [7, 11) is 0. The average molecular weight is 439 g/mol. The van der Waals surface area contributed by atoms with Gasteiger partial charge in [0.15, 0.2) is 0 Å². The summed E-state index contributed by atoms with van der Waals surface area (Å²) in [5.41, 5.74) is 1.59. The van der Waals surface area contributed by atoms with Crippen molar-refractivity contribution in [3.8, 4) is 0 Å². The van der Waals surface area contributed by atoms with E-state index in [1.54, 1.807) is 40.5 Å². The minimum absolute atomic E-state index is 0.0467. The Morgan fingerprint density at radius 2 is 1.77 bits per heavy atom. The topological polar surface area (TPSA) is 40.6 Å². The van der Waals surface area contributed by atoms with E-state index in [9.17, 15) is 9.59 Å². The molecule has 0 spiro atoms. The standard InChI is InChI=1S/C24H23ClN2O2S/c25-20-9-4-8-19(14-20)24(29)27(21-11-12-21)17-23(28)26(16-22-10-5-13-30-22)15-18-6-2-1-3-7-18/h1-10,13-14,21H,11-12,15-17H2. The number of benzene rings is 2. The first-order valence-electron chi connectivity index (χ1n) is 10.0. The maximum Gasteiger partial charge on any atom is 0.254 e. The van der Waals surface area contributed by atoms with Crippen LogP contribution in [0.1, 0.15) is 33.6 Å². The highest BCUT2D eigenvalue weighted by Gasteiger charge is 2.35. The average Bonchev–Trinajstić information content (AvgIpc) is 3.47. The second-order valence-corrected chi connectivity index (χ2v) is 8.96. The van der Waals surface area contributed by atoms with E-state index in [1.807, 2.05) is 52.7 Å². The molecule has 0 N–H and O–H groups in total. The van der Waals surface area contributed by atoms with E-state index in [-0.39, 0.29) is 24.4 Å². The van der Waals surface area contributed by atoms with Crippen molar-refractivity contribution in [2.75, 3.05) is 6.54 Å². The normalized spacial score (nSPS) is 13.1. The van der Waals surface area contributed by atoms with Crippen LogP contribution in [-0.4, -0.2) is 34.2 Å². The largest absolute Gasteiger partial charge is 0.332 e. The summed E-state index contributed by atoms with van der Waals surface area (Å²) >= 11 is 7.70. The van der Waals surface area contributed by atoms with Gasteiger partial charge in [-0.2, -0.15) is 0 Å². The van der Waals surface area contributed by atoms with Gasteiger partial charge in [0.1, 0.15) is 6.54 Å². The minimum atomic E-state index is -0.135. The van der Waals surface area contributed by atoms with Crippen LogP contribution >= 0.6 is 22.9 Å². The van der Waals surface area contributed by atoms with E-state index in [1.165, 1.54) is 0 Å². The third-order valence-corrected chi connectivity index (χ3v) is 6.22. The Morgan fingerprint density at radius 1 is 0.967 bits per heavy atom. The molecule has 0 aliphatic heterocycles. The first-order valence-corrected chi connectivity index (χ1v) is 11.3. The number of hydrogen-bond acceptors (Lipinski definition) is 3. The van der Waals surface area contributed by atoms with Crippen LogP contribution in [0.2, 0.25) is 5.02 Å². The molecule has 0 saturated heterocycles. The number of amides is 2. The van der Waals surface area contributed by atoms with E-state index >= 15 is 0 Å². The highest BCUT2D eigenvalue weighted by molar-refractivity contribution is 7.09. The van der Waals surface area contributed by atoms with Crippen molar-refractivity contribution in [1.29, 1.82) is 0 Å². The smallest absolute Gasteiger partial charge is 0.254 e. The number of rotatable bonds is 8. The SMILES string of the molecule is O=C(CN(C(=O)c1cccc(Cl)c1)C1CC1)N(Cc1ccccc1)Cc1cccs1. The molecule has 1 aliphatic rings. The van der Waals surface area contributed by atoms with Crippen LogP contribution < -0.4 is 0 Å². The molecule has 0 radical (unpaired) electrons. The summed E-state index contributed by atoms with van der Waals surface area (Å²) in [6, 6.07) is 21.0. The van der Waals surface area contributed by atoms with E-state index in [0.29, 0.717) is 23.7 Å². The first kappa shape index (κ1) is 20.6. The molecule has 1 saturated carbocycles. The number of carbonyl (C=O) groups is 2. The fourth-order valence-electron chi connectivity index (χ4n) is 3.41. The van der Waals surface area contributed by atoms with Crippen LogP contribution in [0.4, 0.5) is 0 Å². The van der Waals surface area contributed by atoms with Crippen molar-refractivity contribution in [2.24, 2.45) is 0 Å². The Kier molecular flexibility index (Phi) is 6.50. The number of nitrogens with zero attached hydrogens (tertiary/aromatic N) is 2. The lowest BCUT2D eigenvalue weighted by molar-refractivity contribution is -0.133. The van der Waals surface area contributed by atoms with Gasteiger partial charge in [-0.05, 0) is 48.1 Å². The van der Waals surface area contributed by atoms with Crippen LogP contribution in [0.25, 0.3) is 0 Å². The van der Waals surface area contributed by atoms with Gasteiger partial charge in [0.05, 0.1) is 6.54 Å². The Morgan fingerprint density at radius 3 is 2.43 bits per heavy atom. The zero-order valence-electron chi connectivity index (χ0n) is 16.5. The molecule has 154 valence electrons. The summed E-state index contributed by atoms with van der Waals surface area (Å²) in [4.78, 5) is 31.1. The number of hydrogen-bond donors (Lipinski definition) is 0. The predicted molar refractivity (Wildman–Crippen MR) is 121 cm³/mol. The quantitative estimate of drug-likeness (QED) is 0.482. The van der Waals surface area contributed by atoms with Gasteiger partial charge in [0.25, 0.3) is 5.91 Å². The third kappa shape index (κ3) is 5.29. The first-order chi connectivity index (χ1) is 14.6. The molecule has 4 nitrogen and oxygen atoms in total. The fourth-order valence-corrected chi connectivity index (χ4v) is 4.32. The fraction of sp³-hybridized carbons (Fsp3) is 0.250. The van der Waals surface area contributed by atoms with Gasteiger partial charge in [-0.15, -0.1) is 11.3 Å². The molecule has 0 bridgehead atoms. The van der Waals surface area contributed by atoms with E-state index in [0.717, 1.165) is 23.3 Å². The lowest BCUT2D eigenvalue weighted by Gasteiger charge is -2.28. The summed E-state index contributed by atoms with van der Waals surface area (Å²) < 4.78 is 0. The van der Waals surface area contributed by atoms with Crippen LogP contribution in [-0.2, 0) is 17.9 Å². The summed E-state index contributed by atoms with van der Waals surface area (Å²) in [6.45, 7) is 1.13. The molecule has 2 amide bonds. The Balaban J connectivity index is 1.52. The molecule has 1 fully saturated rings. The minimum Gasteiger partial charge on any atom is -0.332 e. The Bertz CT molecular complexity index is 1000. The molecular formula is C24H23ClN2O2S. The molecule has 0 atom stereocenters. The van der Waals surface area contributed by atoms with Crippen LogP contribution in [0, 0.1) is 0 Å². The predicted octanol–water partition coefficient (Wildman–Crippen LogP) is 5.24. The lowest BCUT2D eigenvalue weighted by atomic mass is 10.2. The zero-order chi connectivity index (χ0) is 20.9. The molecule has 3 aromatic rings. The van der Waals surface area contributed by atoms with Gasteiger partial charge >= 0.3 is 0 Å². The molecule has 1 aromatic heterocycles. The van der Waals surface area contributed by atoms with Gasteiger partial charge in [-0.3, -0.25) is 9.59 Å². The third-order valence-electron chi connectivity index (χ3n) is 5.12. The Labute approximate surface area is 185 Å². The van der Waals surface area contributed by atoms with Gasteiger partial charge in [-0.25, -0.2) is 0 Å². The van der Waals surface area contributed by atoms with Crippen LogP contribution in [0.5, 0.6) is 0 Å². The number of halogens is 1. The molecule has 4 rings (SSSR count). The zero-order valence-corrected chi connectivity index (χ0v) is 18.1. The van der Waals surface area contributed by atoms with Crippen molar-refractivity contribution in [2.45, 2.75) is 32.0 Å². The summed E-state index contributed by atoms with van der Waals surface area (Å²) in [5, 5.41) is 2.53. The maximum absolute atomic E-state index is 13.3. The highest BCUT2D eigenvalue weighted by Crippen LogP contribution is 2.29. The summed E-state index contributed by atoms with van der Waals surface area (Å²) in [6.07, 6.45) is 1.87. The molecule has 2 aromatic carbocycles. The highest BCUT2D eigenvalue weighted by atomic mass is 35.5. The summed E-state index contributed by atoms with van der Waals surface area (Å²) in [5.74, 6) is -0.182. The number of thiophene rings is 1. The van der Waals surface area contributed by atoms with E-state index < -0.39 is 0 Å². The lowest BCUT2D eigenvalue weighted by Crippen LogP contribution is -2.43. The molecule has 30 heavy (non-hydrogen) atoms. The molecule has 0 unspecified atom stereocenters. The van der Waals surface area contributed by atoms with Crippen LogP contribution in [0.3, 0.4) is 0 Å². The Hall–Kier alpha value is -2.63. The van der Waals surface area contributed by atoms with Crippen molar-refractivity contribution in [3.05, 3.63) is 93.1 Å². The van der Waals surface area contributed by atoms with Gasteiger partial charge in [0.2, 0.25) is 5.91 Å². The molecule has 1 heterocycles. The molecule has 1 aliphatic carbocycles. The van der Waals surface area contributed by atoms with Crippen molar-refractivity contribution in [1.82, 2.24) is 9.80 Å². The van der Waals surface area contributed by atoms with Crippen molar-refractivity contribution >= 4 is 34.8 Å². The monoisotopic (exact) mass is 438 g/mol. The van der Waals surface area contributed by atoms with Gasteiger partial charge < -0.3 is 9.80 Å². The van der Waals surface area contributed by atoms with E-state index in [2.05, 4.69) is 0 Å². The molecule has 6 heteroatoms. The van der Waals surface area contributed by atoms with Gasteiger partial charge in [0, 0.05) is 28.0 Å². The van der Waals surface area contributed by atoms with Crippen molar-refractivity contribution in [3.63, 3.8) is 0 Å². The second-order valence-electron chi connectivity index (χ2n) is 7.49. The second kappa shape index (κ2) is 9.45. The molecular weight excluding hydrogens is 416 g/mol.